The number of halogens is 3. The van der Waals surface area contributed by atoms with E-state index in [4.69, 9.17) is 0 Å². The molecule has 22 heavy (non-hydrogen) atoms. The number of pyridine rings is 1. The van der Waals surface area contributed by atoms with Crippen molar-refractivity contribution < 1.29 is 13.2 Å². The molecule has 3 nitrogen and oxygen atoms in total. The average Bonchev–Trinajstić information content (AvgIpc) is 2.39. The Morgan fingerprint density at radius 1 is 1.00 bits per heavy atom. The van der Waals surface area contributed by atoms with Crippen molar-refractivity contribution in [2.75, 3.05) is 32.7 Å². The van der Waals surface area contributed by atoms with E-state index in [1.54, 1.807) is 0 Å². The van der Waals surface area contributed by atoms with E-state index >= 15 is 0 Å². The van der Waals surface area contributed by atoms with Crippen LogP contribution in [-0.2, 0) is 12.0 Å². The molecule has 1 fully saturated rings. The zero-order valence-electron chi connectivity index (χ0n) is 13.5. The highest BCUT2D eigenvalue weighted by atomic mass is 19.4. The summed E-state index contributed by atoms with van der Waals surface area (Å²) in [4.78, 5) is 8.14. The van der Waals surface area contributed by atoms with Crippen LogP contribution in [0.5, 0.6) is 0 Å². The summed E-state index contributed by atoms with van der Waals surface area (Å²) in [7, 11) is 0. The van der Waals surface area contributed by atoms with Crippen LogP contribution in [0, 0.1) is 0 Å². The van der Waals surface area contributed by atoms with Crippen molar-refractivity contribution in [3.63, 3.8) is 0 Å². The first-order valence-electron chi connectivity index (χ1n) is 7.60. The molecule has 0 N–H and O–H groups in total. The van der Waals surface area contributed by atoms with Gasteiger partial charge in [-0.25, -0.2) is 0 Å². The minimum atomic E-state index is -4.10. The normalized spacial score (nSPS) is 18.6. The maximum atomic E-state index is 12.4. The zero-order chi connectivity index (χ0) is 16.4. The number of rotatable bonds is 3. The molecule has 1 aromatic heterocycles. The molecule has 0 aliphatic carbocycles. The molecule has 0 saturated carbocycles. The SMILES string of the molecule is CC(C)(C)c1ccc(CN2CCN(CC(F)(F)F)CC2)cn1. The molecule has 1 aliphatic rings. The number of piperazine rings is 1. The number of hydrogen-bond donors (Lipinski definition) is 0. The molecule has 1 aliphatic heterocycles. The molecule has 2 heterocycles. The van der Waals surface area contributed by atoms with Crippen LogP contribution in [0.1, 0.15) is 32.0 Å². The van der Waals surface area contributed by atoms with Gasteiger partial charge in [-0.3, -0.25) is 14.8 Å². The monoisotopic (exact) mass is 315 g/mol. The first kappa shape index (κ1) is 17.2. The van der Waals surface area contributed by atoms with Gasteiger partial charge >= 0.3 is 6.18 Å². The molecule has 0 amide bonds. The summed E-state index contributed by atoms with van der Waals surface area (Å²) in [5.74, 6) is 0. The molecule has 0 unspecified atom stereocenters. The third-order valence-electron chi connectivity index (χ3n) is 3.87. The van der Waals surface area contributed by atoms with Gasteiger partial charge < -0.3 is 0 Å². The van der Waals surface area contributed by atoms with Crippen LogP contribution in [0.2, 0.25) is 0 Å². The van der Waals surface area contributed by atoms with Crippen molar-refractivity contribution in [2.24, 2.45) is 0 Å². The van der Waals surface area contributed by atoms with Crippen LogP contribution in [0.15, 0.2) is 18.3 Å². The van der Waals surface area contributed by atoms with Crippen LogP contribution in [0.25, 0.3) is 0 Å². The fraction of sp³-hybridized carbons (Fsp3) is 0.688. The third-order valence-corrected chi connectivity index (χ3v) is 3.87. The lowest BCUT2D eigenvalue weighted by Crippen LogP contribution is -2.48. The molecular weight excluding hydrogens is 291 g/mol. The van der Waals surface area contributed by atoms with Gasteiger partial charge in [0.1, 0.15) is 0 Å². The van der Waals surface area contributed by atoms with E-state index in [0.29, 0.717) is 26.2 Å². The first-order chi connectivity index (χ1) is 10.1. The Kier molecular flexibility index (Phi) is 5.12. The number of nitrogens with zero attached hydrogens (tertiary/aromatic N) is 3. The number of aromatic nitrogens is 1. The summed E-state index contributed by atoms with van der Waals surface area (Å²) in [6.45, 7) is 8.56. The van der Waals surface area contributed by atoms with Crippen molar-refractivity contribution in [3.8, 4) is 0 Å². The van der Waals surface area contributed by atoms with Crippen LogP contribution in [-0.4, -0.2) is 53.7 Å². The van der Waals surface area contributed by atoms with Gasteiger partial charge in [0.15, 0.2) is 0 Å². The summed E-state index contributed by atoms with van der Waals surface area (Å²) < 4.78 is 37.1. The second kappa shape index (κ2) is 6.54. The van der Waals surface area contributed by atoms with E-state index in [1.807, 2.05) is 12.3 Å². The van der Waals surface area contributed by atoms with E-state index in [2.05, 4.69) is 36.7 Å². The minimum absolute atomic E-state index is 0.0295. The molecule has 1 saturated heterocycles. The first-order valence-corrected chi connectivity index (χ1v) is 7.60. The Morgan fingerprint density at radius 2 is 1.59 bits per heavy atom. The minimum Gasteiger partial charge on any atom is -0.296 e. The fourth-order valence-electron chi connectivity index (χ4n) is 2.58. The highest BCUT2D eigenvalue weighted by molar-refractivity contribution is 5.19. The van der Waals surface area contributed by atoms with Gasteiger partial charge in [-0.05, 0) is 11.6 Å². The second-order valence-electron chi connectivity index (χ2n) is 6.97. The van der Waals surface area contributed by atoms with Crippen LogP contribution in [0.4, 0.5) is 13.2 Å². The standard InChI is InChI=1S/C16H24F3N3/c1-15(2,3)14-5-4-13(10-20-14)11-21-6-8-22(9-7-21)12-16(17,18)19/h4-5,10H,6-9,11-12H2,1-3H3. The Morgan fingerprint density at radius 3 is 2.05 bits per heavy atom. The van der Waals surface area contributed by atoms with E-state index in [9.17, 15) is 13.2 Å². The third kappa shape index (κ3) is 5.25. The largest absolute Gasteiger partial charge is 0.401 e. The van der Waals surface area contributed by atoms with Crippen molar-refractivity contribution in [1.29, 1.82) is 0 Å². The van der Waals surface area contributed by atoms with Crippen molar-refractivity contribution >= 4 is 0 Å². The lowest BCUT2D eigenvalue weighted by molar-refractivity contribution is -0.149. The molecular formula is C16H24F3N3. The van der Waals surface area contributed by atoms with Gasteiger partial charge in [-0.2, -0.15) is 13.2 Å². The Bertz CT molecular complexity index is 469. The predicted molar refractivity (Wildman–Crippen MR) is 80.7 cm³/mol. The lowest BCUT2D eigenvalue weighted by atomic mass is 9.91. The summed E-state index contributed by atoms with van der Waals surface area (Å²) in [5, 5.41) is 0. The van der Waals surface area contributed by atoms with Gasteiger partial charge in [0.05, 0.1) is 6.54 Å². The molecule has 0 spiro atoms. The molecule has 0 radical (unpaired) electrons. The maximum absolute atomic E-state index is 12.4. The maximum Gasteiger partial charge on any atom is 0.401 e. The highest BCUT2D eigenvalue weighted by Gasteiger charge is 2.32. The summed E-state index contributed by atoms with van der Waals surface area (Å²) in [5.41, 5.74) is 2.19. The summed E-state index contributed by atoms with van der Waals surface area (Å²) in [6.07, 6.45) is -2.22. The fourth-order valence-corrected chi connectivity index (χ4v) is 2.58. The number of hydrogen-bond acceptors (Lipinski definition) is 3. The summed E-state index contributed by atoms with van der Waals surface area (Å²) in [6, 6.07) is 4.10. The smallest absolute Gasteiger partial charge is 0.296 e. The van der Waals surface area contributed by atoms with Crippen LogP contribution < -0.4 is 0 Å². The van der Waals surface area contributed by atoms with E-state index in [1.165, 1.54) is 4.90 Å². The molecule has 1 aromatic rings. The van der Waals surface area contributed by atoms with E-state index in [-0.39, 0.29) is 5.41 Å². The molecule has 0 aromatic carbocycles. The topological polar surface area (TPSA) is 19.4 Å². The summed E-state index contributed by atoms with van der Waals surface area (Å²) >= 11 is 0. The van der Waals surface area contributed by atoms with Crippen molar-refractivity contribution in [2.45, 2.75) is 38.9 Å². The Hall–Kier alpha value is -1.14. The van der Waals surface area contributed by atoms with Crippen molar-refractivity contribution in [3.05, 3.63) is 29.6 Å². The Balaban J connectivity index is 1.83. The molecule has 0 bridgehead atoms. The zero-order valence-corrected chi connectivity index (χ0v) is 13.5. The molecule has 0 atom stereocenters. The van der Waals surface area contributed by atoms with Gasteiger partial charge in [0, 0.05) is 50.0 Å². The molecule has 124 valence electrons. The highest BCUT2D eigenvalue weighted by Crippen LogP contribution is 2.21. The van der Waals surface area contributed by atoms with Gasteiger partial charge in [-0.1, -0.05) is 26.8 Å². The van der Waals surface area contributed by atoms with Crippen LogP contribution >= 0.6 is 0 Å². The quantitative estimate of drug-likeness (QED) is 0.854. The van der Waals surface area contributed by atoms with E-state index in [0.717, 1.165) is 17.8 Å². The molecule has 6 heteroatoms. The second-order valence-corrected chi connectivity index (χ2v) is 6.97. The average molecular weight is 315 g/mol. The van der Waals surface area contributed by atoms with Crippen LogP contribution in [0.3, 0.4) is 0 Å². The number of alkyl halides is 3. The van der Waals surface area contributed by atoms with Gasteiger partial charge in [-0.15, -0.1) is 0 Å². The van der Waals surface area contributed by atoms with Gasteiger partial charge in [0.2, 0.25) is 0 Å². The lowest BCUT2D eigenvalue weighted by Gasteiger charge is -2.35. The molecule has 2 rings (SSSR count). The van der Waals surface area contributed by atoms with Crippen molar-refractivity contribution in [1.82, 2.24) is 14.8 Å². The predicted octanol–water partition coefficient (Wildman–Crippen LogP) is 3.06. The van der Waals surface area contributed by atoms with E-state index < -0.39 is 12.7 Å². The van der Waals surface area contributed by atoms with Gasteiger partial charge in [0.25, 0.3) is 0 Å². The Labute approximate surface area is 130 Å².